The lowest BCUT2D eigenvalue weighted by molar-refractivity contribution is -0.134. The third-order valence-corrected chi connectivity index (χ3v) is 3.71. The van der Waals surface area contributed by atoms with Crippen molar-refractivity contribution < 1.29 is 4.79 Å². The molecule has 0 aromatic heterocycles. The first-order chi connectivity index (χ1) is 7.98. The first-order valence-corrected chi connectivity index (χ1v) is 6.96. The van der Waals surface area contributed by atoms with Crippen LogP contribution in [0.4, 0.5) is 0 Å². The fourth-order valence-corrected chi connectivity index (χ4v) is 2.22. The Morgan fingerprint density at radius 1 is 1.41 bits per heavy atom. The van der Waals surface area contributed by atoms with Crippen molar-refractivity contribution in [1.29, 1.82) is 0 Å². The second-order valence-corrected chi connectivity index (χ2v) is 6.18. The molecule has 1 fully saturated rings. The lowest BCUT2D eigenvalue weighted by Crippen LogP contribution is -2.43. The van der Waals surface area contributed by atoms with Crippen LogP contribution in [0.3, 0.4) is 0 Å². The van der Waals surface area contributed by atoms with Crippen LogP contribution in [0, 0.1) is 11.3 Å². The van der Waals surface area contributed by atoms with Crippen LogP contribution in [0.15, 0.2) is 0 Å². The summed E-state index contributed by atoms with van der Waals surface area (Å²) in [6.07, 6.45) is 5.57. The molecule has 0 atom stereocenters. The normalized spacial score (nSPS) is 16.7. The molecular formula is C14H28N2O. The highest BCUT2D eigenvalue weighted by Gasteiger charge is 2.27. The van der Waals surface area contributed by atoms with Crippen molar-refractivity contribution in [3.05, 3.63) is 0 Å². The van der Waals surface area contributed by atoms with Gasteiger partial charge in [-0.3, -0.25) is 4.79 Å². The van der Waals surface area contributed by atoms with Crippen molar-refractivity contribution in [1.82, 2.24) is 4.90 Å². The van der Waals surface area contributed by atoms with E-state index >= 15 is 0 Å². The molecule has 17 heavy (non-hydrogen) atoms. The highest BCUT2D eigenvalue weighted by Crippen LogP contribution is 2.30. The van der Waals surface area contributed by atoms with E-state index < -0.39 is 0 Å². The second-order valence-electron chi connectivity index (χ2n) is 6.18. The highest BCUT2D eigenvalue weighted by atomic mass is 16.2. The summed E-state index contributed by atoms with van der Waals surface area (Å²) in [6.45, 7) is 8.68. The minimum absolute atomic E-state index is 0.0322. The van der Waals surface area contributed by atoms with Crippen molar-refractivity contribution in [2.75, 3.05) is 19.6 Å². The fourth-order valence-electron chi connectivity index (χ4n) is 2.22. The number of carbonyl (C=O) groups is 1. The summed E-state index contributed by atoms with van der Waals surface area (Å²) >= 11 is 0. The summed E-state index contributed by atoms with van der Waals surface area (Å²) in [5.41, 5.74) is 5.78. The molecule has 1 aliphatic carbocycles. The molecule has 0 radical (unpaired) electrons. The summed E-state index contributed by atoms with van der Waals surface area (Å²) in [5.74, 6) is 0.987. The maximum atomic E-state index is 12.2. The second kappa shape index (κ2) is 6.39. The first kappa shape index (κ1) is 14.5. The molecule has 0 aromatic rings. The molecule has 3 heteroatoms. The van der Waals surface area contributed by atoms with Crippen LogP contribution in [0.25, 0.3) is 0 Å². The zero-order valence-electron chi connectivity index (χ0n) is 11.7. The smallest absolute Gasteiger partial charge is 0.222 e. The molecule has 1 saturated carbocycles. The Kier molecular flexibility index (Phi) is 5.44. The van der Waals surface area contributed by atoms with Crippen LogP contribution in [-0.4, -0.2) is 30.4 Å². The van der Waals surface area contributed by atoms with E-state index in [1.165, 1.54) is 19.3 Å². The van der Waals surface area contributed by atoms with Gasteiger partial charge in [-0.25, -0.2) is 0 Å². The number of carbonyl (C=O) groups excluding carboxylic acids is 1. The Morgan fingerprint density at radius 2 is 2.06 bits per heavy atom. The molecule has 2 N–H and O–H groups in total. The highest BCUT2D eigenvalue weighted by molar-refractivity contribution is 5.76. The summed E-state index contributed by atoms with van der Waals surface area (Å²) in [7, 11) is 0. The van der Waals surface area contributed by atoms with Crippen LogP contribution < -0.4 is 5.73 Å². The van der Waals surface area contributed by atoms with E-state index in [2.05, 4.69) is 20.8 Å². The monoisotopic (exact) mass is 240 g/mol. The van der Waals surface area contributed by atoms with Gasteiger partial charge in [-0.15, -0.1) is 0 Å². The molecule has 0 unspecified atom stereocenters. The predicted octanol–water partition coefficient (Wildman–Crippen LogP) is 2.40. The van der Waals surface area contributed by atoms with E-state index in [4.69, 9.17) is 5.73 Å². The number of hydrogen-bond acceptors (Lipinski definition) is 2. The summed E-state index contributed by atoms with van der Waals surface area (Å²) in [6, 6.07) is 0. The lowest BCUT2D eigenvalue weighted by Gasteiger charge is -2.34. The van der Waals surface area contributed by atoms with Gasteiger partial charge in [0.25, 0.3) is 0 Å². The standard InChI is InChI=1S/C14H28N2O/c1-4-8-16(11-14(2,3)10-15)13(17)9-12-6-5-7-12/h12H,4-11,15H2,1-3H3. The van der Waals surface area contributed by atoms with Crippen molar-refractivity contribution in [3.8, 4) is 0 Å². The minimum atomic E-state index is 0.0322. The van der Waals surface area contributed by atoms with E-state index in [0.717, 1.165) is 25.9 Å². The Bertz CT molecular complexity index is 247. The molecule has 0 saturated heterocycles. The number of nitrogens with zero attached hydrogens (tertiary/aromatic N) is 1. The Hall–Kier alpha value is -0.570. The average Bonchev–Trinajstić information content (AvgIpc) is 2.22. The summed E-state index contributed by atoms with van der Waals surface area (Å²) in [4.78, 5) is 14.2. The third kappa shape index (κ3) is 4.66. The third-order valence-electron chi connectivity index (χ3n) is 3.71. The molecule has 3 nitrogen and oxygen atoms in total. The molecule has 0 aromatic carbocycles. The maximum Gasteiger partial charge on any atom is 0.222 e. The van der Waals surface area contributed by atoms with E-state index in [0.29, 0.717) is 18.4 Å². The topological polar surface area (TPSA) is 46.3 Å². The van der Waals surface area contributed by atoms with Gasteiger partial charge < -0.3 is 10.6 Å². The van der Waals surface area contributed by atoms with Crippen molar-refractivity contribution in [2.45, 2.75) is 52.9 Å². The largest absolute Gasteiger partial charge is 0.342 e. The molecule has 0 bridgehead atoms. The predicted molar refractivity (Wildman–Crippen MR) is 71.7 cm³/mol. The van der Waals surface area contributed by atoms with Crippen LogP contribution in [-0.2, 0) is 4.79 Å². The van der Waals surface area contributed by atoms with Gasteiger partial charge in [-0.1, -0.05) is 27.2 Å². The van der Waals surface area contributed by atoms with Gasteiger partial charge in [0.15, 0.2) is 0 Å². The number of nitrogens with two attached hydrogens (primary N) is 1. The van der Waals surface area contributed by atoms with E-state index in [-0.39, 0.29) is 5.41 Å². The molecule has 100 valence electrons. The summed E-state index contributed by atoms with van der Waals surface area (Å²) < 4.78 is 0. The lowest BCUT2D eigenvalue weighted by atomic mass is 9.82. The van der Waals surface area contributed by atoms with Gasteiger partial charge in [0, 0.05) is 19.5 Å². The van der Waals surface area contributed by atoms with Crippen LogP contribution in [0.5, 0.6) is 0 Å². The van der Waals surface area contributed by atoms with Crippen LogP contribution in [0.2, 0.25) is 0 Å². The van der Waals surface area contributed by atoms with Gasteiger partial charge in [-0.2, -0.15) is 0 Å². The molecule has 1 rings (SSSR count). The van der Waals surface area contributed by atoms with Crippen LogP contribution in [0.1, 0.15) is 52.9 Å². The van der Waals surface area contributed by atoms with Crippen molar-refractivity contribution in [2.24, 2.45) is 17.1 Å². The van der Waals surface area contributed by atoms with E-state index in [1.807, 2.05) is 4.90 Å². The molecule has 0 aliphatic heterocycles. The molecule has 1 aliphatic rings. The zero-order chi connectivity index (χ0) is 12.9. The number of hydrogen-bond donors (Lipinski definition) is 1. The van der Waals surface area contributed by atoms with Gasteiger partial charge in [0.05, 0.1) is 0 Å². The zero-order valence-corrected chi connectivity index (χ0v) is 11.7. The average molecular weight is 240 g/mol. The van der Waals surface area contributed by atoms with Gasteiger partial charge in [0.1, 0.15) is 0 Å². The Labute approximate surface area is 106 Å². The maximum absolute atomic E-state index is 12.2. The first-order valence-electron chi connectivity index (χ1n) is 6.96. The molecule has 0 spiro atoms. The van der Waals surface area contributed by atoms with Crippen LogP contribution >= 0.6 is 0 Å². The summed E-state index contributed by atoms with van der Waals surface area (Å²) in [5, 5.41) is 0. The Balaban J connectivity index is 2.47. The van der Waals surface area contributed by atoms with Gasteiger partial charge >= 0.3 is 0 Å². The quantitative estimate of drug-likeness (QED) is 0.742. The Morgan fingerprint density at radius 3 is 2.47 bits per heavy atom. The minimum Gasteiger partial charge on any atom is -0.342 e. The van der Waals surface area contributed by atoms with Crippen molar-refractivity contribution in [3.63, 3.8) is 0 Å². The molecule has 0 heterocycles. The number of rotatable bonds is 7. The SMILES string of the molecule is CCCN(CC(C)(C)CN)C(=O)CC1CCC1. The van der Waals surface area contributed by atoms with Gasteiger partial charge in [0.2, 0.25) is 5.91 Å². The van der Waals surface area contributed by atoms with E-state index in [1.54, 1.807) is 0 Å². The van der Waals surface area contributed by atoms with E-state index in [9.17, 15) is 4.79 Å². The van der Waals surface area contributed by atoms with Crippen molar-refractivity contribution >= 4 is 5.91 Å². The van der Waals surface area contributed by atoms with Gasteiger partial charge in [-0.05, 0) is 37.1 Å². The number of amides is 1. The molecular weight excluding hydrogens is 212 g/mol. The fraction of sp³-hybridized carbons (Fsp3) is 0.929. The molecule has 1 amide bonds.